The number of fused-ring (bicyclic) bond motifs is 3. The summed E-state index contributed by atoms with van der Waals surface area (Å²) in [7, 11) is -3.57. The van der Waals surface area contributed by atoms with Crippen molar-refractivity contribution in [2.24, 2.45) is 22.1 Å². The number of benzene rings is 2. The molecule has 0 amide bonds. The van der Waals surface area contributed by atoms with Crippen molar-refractivity contribution in [1.29, 1.82) is 0 Å². The highest BCUT2D eigenvalue weighted by Crippen LogP contribution is 2.47. The number of rotatable bonds is 8. The topological polar surface area (TPSA) is 132 Å². The van der Waals surface area contributed by atoms with E-state index in [1.807, 2.05) is 6.07 Å². The predicted octanol–water partition coefficient (Wildman–Crippen LogP) is 5.14. The molecule has 1 fully saturated rings. The van der Waals surface area contributed by atoms with Crippen LogP contribution in [0.1, 0.15) is 73.4 Å². The van der Waals surface area contributed by atoms with Gasteiger partial charge in [-0.05, 0) is 99.2 Å². The number of oxime groups is 1. The number of primary sulfonamides is 1. The molecule has 1 saturated carbocycles. The molecule has 2 heterocycles. The van der Waals surface area contributed by atoms with E-state index in [1.165, 1.54) is 11.1 Å². The van der Waals surface area contributed by atoms with Crippen LogP contribution in [-0.2, 0) is 26.7 Å². The molecule has 2 aromatic carbocycles. The van der Waals surface area contributed by atoms with E-state index >= 15 is 0 Å². The van der Waals surface area contributed by atoms with Gasteiger partial charge >= 0.3 is 5.97 Å². The molecule has 11 heteroatoms. The van der Waals surface area contributed by atoms with Gasteiger partial charge in [0, 0.05) is 35.9 Å². The lowest BCUT2D eigenvalue weighted by atomic mass is 9.68. The highest BCUT2D eigenvalue weighted by Gasteiger charge is 2.45. The first-order chi connectivity index (χ1) is 20.0. The lowest BCUT2D eigenvalue weighted by Crippen LogP contribution is -2.49. The highest BCUT2D eigenvalue weighted by molar-refractivity contribution is 7.89. The molecular weight excluding hydrogens is 578 g/mol. The van der Waals surface area contributed by atoms with E-state index in [0.29, 0.717) is 43.5 Å². The standard InChI is InChI=1S/C31H38ClN3O6S/c1-19(42(33,38)39)4-8-24-15-29(41-34-24)25-9-5-22(25)16-35-17-31(12-2-3-20-13-23(32)7-10-26(20)31)18-40-28-11-6-21(30(36)37)14-27(28)35/h6-7,10-11,13-14,19,22,25,29H,2-5,8-9,12,15-18H2,1H3,(H,36,37)(H2,33,38,39)/t19-,22+,25-,29+,31+/m1/s1. The van der Waals surface area contributed by atoms with Gasteiger partial charge in [-0.15, -0.1) is 0 Å². The maximum absolute atomic E-state index is 11.9. The van der Waals surface area contributed by atoms with Gasteiger partial charge in [0.25, 0.3) is 0 Å². The van der Waals surface area contributed by atoms with Gasteiger partial charge in [0.2, 0.25) is 10.0 Å². The quantitative estimate of drug-likeness (QED) is 0.420. The van der Waals surface area contributed by atoms with E-state index < -0.39 is 21.2 Å². The summed E-state index contributed by atoms with van der Waals surface area (Å²) in [4.78, 5) is 20.2. The summed E-state index contributed by atoms with van der Waals surface area (Å²) < 4.78 is 29.7. The average molecular weight is 616 g/mol. The molecule has 6 rings (SSSR count). The first-order valence-electron chi connectivity index (χ1n) is 14.8. The monoisotopic (exact) mass is 615 g/mol. The van der Waals surface area contributed by atoms with E-state index in [4.69, 9.17) is 26.3 Å². The minimum atomic E-state index is -3.57. The molecular formula is C31H38ClN3O6S. The molecule has 0 radical (unpaired) electrons. The number of carboxylic acid groups (broad SMARTS) is 1. The Morgan fingerprint density at radius 3 is 2.83 bits per heavy atom. The van der Waals surface area contributed by atoms with Crippen LogP contribution in [0, 0.1) is 11.8 Å². The van der Waals surface area contributed by atoms with Crippen LogP contribution in [0.2, 0.25) is 5.02 Å². The van der Waals surface area contributed by atoms with Crippen molar-refractivity contribution < 1.29 is 27.9 Å². The molecule has 2 aromatic rings. The third-order valence-corrected chi connectivity index (χ3v) is 11.4. The van der Waals surface area contributed by atoms with Gasteiger partial charge in [-0.3, -0.25) is 0 Å². The largest absolute Gasteiger partial charge is 0.490 e. The first-order valence-corrected chi connectivity index (χ1v) is 16.8. The Balaban J connectivity index is 1.22. The van der Waals surface area contributed by atoms with Gasteiger partial charge < -0.3 is 19.6 Å². The predicted molar refractivity (Wildman–Crippen MR) is 162 cm³/mol. The van der Waals surface area contributed by atoms with E-state index in [0.717, 1.165) is 61.6 Å². The van der Waals surface area contributed by atoms with Gasteiger partial charge in [0.15, 0.2) is 0 Å². The van der Waals surface area contributed by atoms with Crippen molar-refractivity contribution >= 4 is 39.0 Å². The Morgan fingerprint density at radius 2 is 2.10 bits per heavy atom. The zero-order chi connectivity index (χ0) is 29.6. The molecule has 0 unspecified atom stereocenters. The van der Waals surface area contributed by atoms with Gasteiger partial charge in [0.05, 0.1) is 28.8 Å². The molecule has 0 aromatic heterocycles. The van der Waals surface area contributed by atoms with Crippen LogP contribution in [0.25, 0.3) is 0 Å². The van der Waals surface area contributed by atoms with Crippen molar-refractivity contribution in [3.63, 3.8) is 0 Å². The number of carboxylic acids is 1. The fourth-order valence-electron chi connectivity index (χ4n) is 7.20. The molecule has 0 saturated heterocycles. The third-order valence-electron chi connectivity index (χ3n) is 9.85. The van der Waals surface area contributed by atoms with Crippen LogP contribution in [-0.4, -0.2) is 56.3 Å². The van der Waals surface area contributed by atoms with Crippen molar-refractivity contribution in [2.75, 3.05) is 24.6 Å². The number of sulfonamides is 1. The molecule has 0 bridgehead atoms. The molecule has 4 aliphatic rings. The van der Waals surface area contributed by atoms with Gasteiger partial charge in [-0.25, -0.2) is 18.4 Å². The number of nitrogens with zero attached hydrogens (tertiary/aromatic N) is 2. The van der Waals surface area contributed by atoms with E-state index in [-0.39, 0.29) is 17.1 Å². The SMILES string of the molecule is C[C@H](CCC1=NO[C@H]([C@@H]2CC[C@H]2CN2C[C@@]3(CCCc4cc(Cl)ccc43)COc3ccc(C(=O)O)cc32)C1)S(N)(=O)=O. The smallest absolute Gasteiger partial charge is 0.335 e. The second-order valence-electron chi connectivity index (χ2n) is 12.5. The number of ether oxygens (including phenoxy) is 1. The fourth-order valence-corrected chi connectivity index (χ4v) is 7.84. The minimum Gasteiger partial charge on any atom is -0.490 e. The van der Waals surface area contributed by atoms with E-state index in [2.05, 4.69) is 22.2 Å². The van der Waals surface area contributed by atoms with Crippen LogP contribution in [0.5, 0.6) is 5.75 Å². The van der Waals surface area contributed by atoms with Crippen molar-refractivity contribution in [3.05, 3.63) is 58.1 Å². The van der Waals surface area contributed by atoms with Crippen molar-refractivity contribution in [3.8, 4) is 5.75 Å². The fraction of sp³-hybridized carbons (Fsp3) is 0.548. The first kappa shape index (κ1) is 29.3. The zero-order valence-corrected chi connectivity index (χ0v) is 25.4. The Labute approximate surface area is 252 Å². The number of nitrogens with two attached hydrogens (primary N) is 1. The molecule has 5 atom stereocenters. The lowest BCUT2D eigenvalue weighted by Gasteiger charge is -2.45. The minimum absolute atomic E-state index is 0.0388. The Morgan fingerprint density at radius 1 is 1.26 bits per heavy atom. The van der Waals surface area contributed by atoms with E-state index in [9.17, 15) is 18.3 Å². The maximum Gasteiger partial charge on any atom is 0.335 e. The molecule has 2 aliphatic carbocycles. The number of carbonyl (C=O) groups is 1. The lowest BCUT2D eigenvalue weighted by molar-refractivity contribution is -0.0213. The summed E-state index contributed by atoms with van der Waals surface area (Å²) in [6.45, 7) is 3.62. The van der Waals surface area contributed by atoms with Crippen LogP contribution in [0.4, 0.5) is 5.69 Å². The summed E-state index contributed by atoms with van der Waals surface area (Å²) >= 11 is 6.37. The number of aromatic carboxylic acids is 1. The van der Waals surface area contributed by atoms with Gasteiger partial charge in [-0.1, -0.05) is 22.8 Å². The van der Waals surface area contributed by atoms with Gasteiger partial charge in [-0.2, -0.15) is 0 Å². The average Bonchev–Trinajstić information content (AvgIpc) is 3.33. The van der Waals surface area contributed by atoms with Crippen LogP contribution >= 0.6 is 11.6 Å². The normalized spacial score (nSPS) is 27.5. The van der Waals surface area contributed by atoms with Crippen LogP contribution in [0.3, 0.4) is 0 Å². The van der Waals surface area contributed by atoms with Gasteiger partial charge in [0.1, 0.15) is 11.9 Å². The number of aryl methyl sites for hydroxylation is 1. The Hall–Kier alpha value is -2.82. The highest BCUT2D eigenvalue weighted by atomic mass is 35.5. The Kier molecular flexibility index (Phi) is 7.91. The van der Waals surface area contributed by atoms with Crippen LogP contribution in [0.15, 0.2) is 41.6 Å². The zero-order valence-electron chi connectivity index (χ0n) is 23.8. The molecule has 42 heavy (non-hydrogen) atoms. The van der Waals surface area contributed by atoms with E-state index in [1.54, 1.807) is 25.1 Å². The number of anilines is 1. The Bertz CT molecular complexity index is 1510. The summed E-state index contributed by atoms with van der Waals surface area (Å²) in [5.74, 6) is 0.403. The second kappa shape index (κ2) is 11.4. The summed E-state index contributed by atoms with van der Waals surface area (Å²) in [5, 5.41) is 19.5. The number of hydrogen-bond donors (Lipinski definition) is 2. The maximum atomic E-state index is 11.9. The third kappa shape index (κ3) is 5.73. The molecule has 226 valence electrons. The van der Waals surface area contributed by atoms with Crippen LogP contribution < -0.4 is 14.8 Å². The number of halogens is 1. The second-order valence-corrected chi connectivity index (χ2v) is 15.0. The summed E-state index contributed by atoms with van der Waals surface area (Å²) in [6.07, 6.45) is 6.70. The molecule has 3 N–H and O–H groups in total. The number of hydrogen-bond acceptors (Lipinski definition) is 7. The van der Waals surface area contributed by atoms with Crippen molar-refractivity contribution in [1.82, 2.24) is 0 Å². The molecule has 1 spiro atoms. The summed E-state index contributed by atoms with van der Waals surface area (Å²) in [6, 6.07) is 11.3. The summed E-state index contributed by atoms with van der Waals surface area (Å²) in [5.41, 5.74) is 4.24. The molecule has 9 nitrogen and oxygen atoms in total. The molecule has 2 aliphatic heterocycles. The van der Waals surface area contributed by atoms with Crippen molar-refractivity contribution in [2.45, 2.75) is 75.1 Å².